The largest absolute Gasteiger partial charge is 0.497 e. The Morgan fingerprint density at radius 2 is 1.80 bits per heavy atom. The zero-order chi connectivity index (χ0) is 15.2. The van der Waals surface area contributed by atoms with Crippen LogP contribution < -0.4 is 10.1 Å². The van der Waals surface area contributed by atoms with Crippen molar-refractivity contribution in [1.29, 1.82) is 0 Å². The van der Waals surface area contributed by atoms with E-state index in [1.165, 1.54) is 0 Å². The summed E-state index contributed by atoms with van der Waals surface area (Å²) in [5.74, 6) is 0.899. The van der Waals surface area contributed by atoms with E-state index in [0.717, 1.165) is 17.9 Å². The van der Waals surface area contributed by atoms with Crippen molar-refractivity contribution in [2.45, 2.75) is 38.5 Å². The molecule has 2 atom stereocenters. The van der Waals surface area contributed by atoms with E-state index in [1.807, 2.05) is 38.1 Å². The summed E-state index contributed by atoms with van der Waals surface area (Å²) in [6.07, 6.45) is 0.643. The van der Waals surface area contributed by atoms with Crippen molar-refractivity contribution in [2.75, 3.05) is 19.4 Å². The van der Waals surface area contributed by atoms with Gasteiger partial charge in [0.1, 0.15) is 5.75 Å². The van der Waals surface area contributed by atoms with Gasteiger partial charge < -0.3 is 10.1 Å². The second kappa shape index (κ2) is 7.64. The van der Waals surface area contributed by atoms with Gasteiger partial charge in [-0.15, -0.1) is 0 Å². The van der Waals surface area contributed by atoms with Crippen molar-refractivity contribution in [2.24, 2.45) is 0 Å². The van der Waals surface area contributed by atoms with Gasteiger partial charge in [-0.2, -0.15) is 0 Å². The van der Waals surface area contributed by atoms with Crippen molar-refractivity contribution in [3.05, 3.63) is 29.8 Å². The first-order chi connectivity index (χ1) is 9.44. The second-order valence-electron chi connectivity index (χ2n) is 4.93. The van der Waals surface area contributed by atoms with Gasteiger partial charge in [0, 0.05) is 6.04 Å². The molecule has 0 aliphatic carbocycles. The van der Waals surface area contributed by atoms with Crippen LogP contribution in [0.3, 0.4) is 0 Å². The highest BCUT2D eigenvalue weighted by Gasteiger charge is 2.24. The Hall–Kier alpha value is -1.07. The SMILES string of the molecule is CCNC(CS(=O)(=O)C(C)CC)c1ccc(OC)cc1. The fourth-order valence-corrected chi connectivity index (χ4v) is 3.62. The van der Waals surface area contributed by atoms with E-state index in [1.54, 1.807) is 14.0 Å². The van der Waals surface area contributed by atoms with Gasteiger partial charge >= 0.3 is 0 Å². The van der Waals surface area contributed by atoms with Crippen LogP contribution in [0, 0.1) is 0 Å². The van der Waals surface area contributed by atoms with E-state index in [-0.39, 0.29) is 17.0 Å². The number of hydrogen-bond donors (Lipinski definition) is 1. The van der Waals surface area contributed by atoms with E-state index in [2.05, 4.69) is 5.32 Å². The van der Waals surface area contributed by atoms with Gasteiger partial charge in [-0.1, -0.05) is 26.0 Å². The minimum atomic E-state index is -3.09. The number of rotatable bonds is 8. The van der Waals surface area contributed by atoms with Crippen LogP contribution in [-0.2, 0) is 9.84 Å². The molecule has 1 aromatic carbocycles. The molecule has 0 amide bonds. The monoisotopic (exact) mass is 299 g/mol. The number of methoxy groups -OCH3 is 1. The lowest BCUT2D eigenvalue weighted by atomic mass is 10.1. The van der Waals surface area contributed by atoms with Crippen molar-refractivity contribution in [3.63, 3.8) is 0 Å². The van der Waals surface area contributed by atoms with Crippen LogP contribution in [0.25, 0.3) is 0 Å². The predicted octanol–water partition coefficient (Wildman–Crippen LogP) is 2.56. The zero-order valence-electron chi connectivity index (χ0n) is 12.7. The minimum Gasteiger partial charge on any atom is -0.497 e. The molecule has 1 aromatic rings. The molecular weight excluding hydrogens is 274 g/mol. The third kappa shape index (κ3) is 4.49. The Morgan fingerprint density at radius 3 is 2.25 bits per heavy atom. The molecule has 0 bridgehead atoms. The molecule has 0 saturated heterocycles. The number of hydrogen-bond acceptors (Lipinski definition) is 4. The molecule has 0 aliphatic heterocycles. The number of ether oxygens (including phenoxy) is 1. The van der Waals surface area contributed by atoms with Gasteiger partial charge in [0.2, 0.25) is 0 Å². The molecule has 0 heterocycles. The van der Waals surface area contributed by atoms with Crippen LogP contribution >= 0.6 is 0 Å². The molecule has 0 aliphatic rings. The molecule has 0 saturated carbocycles. The molecule has 0 radical (unpaired) electrons. The first-order valence-electron chi connectivity index (χ1n) is 7.03. The van der Waals surface area contributed by atoms with Gasteiger partial charge in [0.25, 0.3) is 0 Å². The van der Waals surface area contributed by atoms with Crippen LogP contribution in [0.4, 0.5) is 0 Å². The average molecular weight is 299 g/mol. The van der Waals surface area contributed by atoms with E-state index < -0.39 is 9.84 Å². The summed E-state index contributed by atoms with van der Waals surface area (Å²) in [5.41, 5.74) is 0.972. The van der Waals surface area contributed by atoms with Gasteiger partial charge in [-0.25, -0.2) is 8.42 Å². The minimum absolute atomic E-state index is 0.127. The van der Waals surface area contributed by atoms with E-state index in [0.29, 0.717) is 6.42 Å². The molecule has 0 fully saturated rings. The van der Waals surface area contributed by atoms with Gasteiger partial charge in [-0.3, -0.25) is 0 Å². The maximum atomic E-state index is 12.3. The second-order valence-corrected chi connectivity index (χ2v) is 7.40. The molecule has 4 nitrogen and oxygen atoms in total. The third-order valence-electron chi connectivity index (χ3n) is 3.56. The average Bonchev–Trinajstić information content (AvgIpc) is 2.45. The quantitative estimate of drug-likeness (QED) is 0.801. The molecule has 20 heavy (non-hydrogen) atoms. The van der Waals surface area contributed by atoms with E-state index in [4.69, 9.17) is 4.74 Å². The van der Waals surface area contributed by atoms with E-state index >= 15 is 0 Å². The predicted molar refractivity (Wildman–Crippen MR) is 83.0 cm³/mol. The standard InChI is InChI=1S/C15H25NO3S/c1-5-12(3)20(17,18)11-15(16-6-2)13-7-9-14(19-4)10-8-13/h7-10,12,15-16H,5-6,11H2,1-4H3. The lowest BCUT2D eigenvalue weighted by Gasteiger charge is -2.21. The zero-order valence-corrected chi connectivity index (χ0v) is 13.5. The lowest BCUT2D eigenvalue weighted by molar-refractivity contribution is 0.414. The Kier molecular flexibility index (Phi) is 6.49. The maximum absolute atomic E-state index is 12.3. The Morgan fingerprint density at radius 1 is 1.20 bits per heavy atom. The summed E-state index contributed by atoms with van der Waals surface area (Å²) in [6, 6.07) is 7.37. The topological polar surface area (TPSA) is 55.4 Å². The van der Waals surface area contributed by atoms with Crippen molar-refractivity contribution < 1.29 is 13.2 Å². The van der Waals surface area contributed by atoms with Crippen molar-refractivity contribution in [1.82, 2.24) is 5.32 Å². The van der Waals surface area contributed by atoms with Crippen LogP contribution in [0.15, 0.2) is 24.3 Å². The van der Waals surface area contributed by atoms with Crippen LogP contribution in [-0.4, -0.2) is 33.1 Å². The molecule has 1 N–H and O–H groups in total. The first-order valence-corrected chi connectivity index (χ1v) is 8.75. The molecule has 2 unspecified atom stereocenters. The Bertz CT molecular complexity index is 496. The van der Waals surface area contributed by atoms with Gasteiger partial charge in [-0.05, 0) is 37.6 Å². The summed E-state index contributed by atoms with van der Waals surface area (Å²) in [5, 5.41) is 2.95. The molecule has 0 spiro atoms. The number of benzene rings is 1. The molecule has 5 heteroatoms. The summed E-state index contributed by atoms with van der Waals surface area (Å²) < 4.78 is 29.7. The van der Waals surface area contributed by atoms with Crippen LogP contribution in [0.2, 0.25) is 0 Å². The Balaban J connectivity index is 2.93. The molecular formula is C15H25NO3S. The normalized spacial score (nSPS) is 14.8. The molecule has 114 valence electrons. The highest BCUT2D eigenvalue weighted by molar-refractivity contribution is 7.92. The van der Waals surface area contributed by atoms with Crippen molar-refractivity contribution >= 4 is 9.84 Å². The summed E-state index contributed by atoms with van der Waals surface area (Å²) in [7, 11) is -1.47. The van der Waals surface area contributed by atoms with Crippen molar-refractivity contribution in [3.8, 4) is 5.75 Å². The maximum Gasteiger partial charge on any atom is 0.154 e. The third-order valence-corrected chi connectivity index (χ3v) is 5.91. The highest BCUT2D eigenvalue weighted by atomic mass is 32.2. The summed E-state index contributed by atoms with van der Waals surface area (Å²) in [4.78, 5) is 0. The van der Waals surface area contributed by atoms with Crippen LogP contribution in [0.1, 0.15) is 38.8 Å². The van der Waals surface area contributed by atoms with Gasteiger partial charge in [0.05, 0.1) is 18.1 Å². The fourth-order valence-electron chi connectivity index (χ4n) is 2.01. The lowest BCUT2D eigenvalue weighted by Crippen LogP contribution is -2.32. The highest BCUT2D eigenvalue weighted by Crippen LogP contribution is 2.21. The fraction of sp³-hybridized carbons (Fsp3) is 0.600. The van der Waals surface area contributed by atoms with Gasteiger partial charge in [0.15, 0.2) is 9.84 Å². The number of nitrogens with one attached hydrogen (secondary N) is 1. The first kappa shape index (κ1) is 17.0. The molecule has 1 rings (SSSR count). The smallest absolute Gasteiger partial charge is 0.154 e. The molecule has 0 aromatic heterocycles. The van der Waals surface area contributed by atoms with E-state index in [9.17, 15) is 8.42 Å². The summed E-state index contributed by atoms with van der Waals surface area (Å²) in [6.45, 7) is 6.38. The Labute approximate surface area is 122 Å². The number of sulfone groups is 1. The summed E-state index contributed by atoms with van der Waals surface area (Å²) >= 11 is 0. The van der Waals surface area contributed by atoms with Crippen LogP contribution in [0.5, 0.6) is 5.75 Å².